The summed E-state index contributed by atoms with van der Waals surface area (Å²) >= 11 is 0. The molecule has 6 heteroatoms. The largest absolute Gasteiger partial charge is 0.465 e. The van der Waals surface area contributed by atoms with Crippen molar-refractivity contribution in [2.75, 3.05) is 40.0 Å². The third-order valence-electron chi connectivity index (χ3n) is 4.48. The summed E-state index contributed by atoms with van der Waals surface area (Å²) in [5.41, 5.74) is 2.34. The molecule has 0 saturated heterocycles. The first-order valence-corrected chi connectivity index (χ1v) is 9.26. The molecule has 26 heavy (non-hydrogen) atoms. The second-order valence-electron chi connectivity index (χ2n) is 6.80. The number of rotatable bonds is 11. The smallest absolute Gasteiger partial charge is 0.320 e. The van der Waals surface area contributed by atoms with Crippen LogP contribution >= 0.6 is 0 Å². The Kier molecular flexibility index (Phi) is 8.06. The molecular formula is C20H30N2O4. The zero-order chi connectivity index (χ0) is 18.9. The van der Waals surface area contributed by atoms with Gasteiger partial charge >= 0.3 is 5.97 Å². The summed E-state index contributed by atoms with van der Waals surface area (Å²) in [5, 5.41) is 3.15. The molecule has 1 saturated carbocycles. The quantitative estimate of drug-likeness (QED) is 0.611. The minimum atomic E-state index is -0.325. The average Bonchev–Trinajstić information content (AvgIpc) is 3.43. The molecule has 144 valence electrons. The first kappa shape index (κ1) is 20.4. The lowest BCUT2D eigenvalue weighted by molar-refractivity contribution is -0.144. The number of nitrogens with one attached hydrogen (secondary N) is 1. The fourth-order valence-electron chi connectivity index (χ4n) is 2.92. The van der Waals surface area contributed by atoms with Crippen molar-refractivity contribution in [3.63, 3.8) is 0 Å². The topological polar surface area (TPSA) is 67.9 Å². The molecule has 1 unspecified atom stereocenters. The van der Waals surface area contributed by atoms with Gasteiger partial charge in [0.05, 0.1) is 32.3 Å². The molecule has 0 heterocycles. The van der Waals surface area contributed by atoms with E-state index in [9.17, 15) is 9.59 Å². The number of nitrogens with zero attached hydrogens (tertiary/aromatic N) is 1. The summed E-state index contributed by atoms with van der Waals surface area (Å²) in [6, 6.07) is 8.35. The van der Waals surface area contributed by atoms with Crippen LogP contribution in [0.15, 0.2) is 24.3 Å². The van der Waals surface area contributed by atoms with Crippen molar-refractivity contribution in [1.29, 1.82) is 0 Å². The number of amides is 1. The summed E-state index contributed by atoms with van der Waals surface area (Å²) in [4.78, 5) is 26.1. The first-order chi connectivity index (χ1) is 12.5. The second-order valence-corrected chi connectivity index (χ2v) is 6.80. The van der Waals surface area contributed by atoms with Gasteiger partial charge in [0.2, 0.25) is 5.91 Å². The van der Waals surface area contributed by atoms with Gasteiger partial charge in [0.1, 0.15) is 0 Å². The Hall–Kier alpha value is -1.92. The van der Waals surface area contributed by atoms with Gasteiger partial charge in [-0.25, -0.2) is 0 Å². The number of carbonyl (C=O) groups is 2. The maximum atomic E-state index is 12.6. The number of hydrogen-bond donors (Lipinski definition) is 1. The molecule has 1 amide bonds. The zero-order valence-electron chi connectivity index (χ0n) is 16.0. The Morgan fingerprint density at radius 2 is 1.92 bits per heavy atom. The van der Waals surface area contributed by atoms with E-state index in [4.69, 9.17) is 9.47 Å². The molecule has 1 aromatic carbocycles. The minimum absolute atomic E-state index is 0.0370. The highest BCUT2D eigenvalue weighted by Gasteiger charge is 2.33. The molecule has 6 nitrogen and oxygen atoms in total. The summed E-state index contributed by atoms with van der Waals surface area (Å²) in [5.74, 6) is 0.0932. The lowest BCUT2D eigenvalue weighted by Gasteiger charge is -2.23. The van der Waals surface area contributed by atoms with E-state index in [-0.39, 0.29) is 31.0 Å². The molecule has 0 bridgehead atoms. The third kappa shape index (κ3) is 6.77. The molecule has 1 aromatic rings. The van der Waals surface area contributed by atoms with Crippen LogP contribution in [0.4, 0.5) is 0 Å². The van der Waals surface area contributed by atoms with Crippen LogP contribution in [0.3, 0.4) is 0 Å². The molecule has 0 radical (unpaired) electrons. The fraction of sp³-hybridized carbons (Fsp3) is 0.600. The van der Waals surface area contributed by atoms with E-state index in [1.807, 2.05) is 0 Å². The van der Waals surface area contributed by atoms with Gasteiger partial charge < -0.3 is 14.8 Å². The van der Waals surface area contributed by atoms with Gasteiger partial charge in [-0.1, -0.05) is 29.8 Å². The van der Waals surface area contributed by atoms with Crippen LogP contribution < -0.4 is 5.32 Å². The molecule has 0 aromatic heterocycles. The van der Waals surface area contributed by atoms with E-state index in [0.29, 0.717) is 25.7 Å². The molecular weight excluding hydrogens is 332 g/mol. The summed E-state index contributed by atoms with van der Waals surface area (Å²) in [6.07, 6.45) is 2.27. The van der Waals surface area contributed by atoms with Gasteiger partial charge in [-0.15, -0.1) is 0 Å². The van der Waals surface area contributed by atoms with Crippen LogP contribution in [0.1, 0.15) is 36.9 Å². The van der Waals surface area contributed by atoms with Crippen LogP contribution in [-0.2, 0) is 19.1 Å². The van der Waals surface area contributed by atoms with Crippen molar-refractivity contribution < 1.29 is 19.1 Å². The molecule has 1 aliphatic carbocycles. The Bertz CT molecular complexity index is 584. The molecule has 1 fully saturated rings. The number of carbonyl (C=O) groups excluding carboxylic acids is 2. The predicted molar refractivity (Wildman–Crippen MR) is 99.7 cm³/mol. The van der Waals surface area contributed by atoms with Crippen molar-refractivity contribution >= 4 is 11.9 Å². The van der Waals surface area contributed by atoms with Crippen LogP contribution in [0.25, 0.3) is 0 Å². The lowest BCUT2D eigenvalue weighted by atomic mass is 10.0. The number of ether oxygens (including phenoxy) is 2. The van der Waals surface area contributed by atoms with Crippen molar-refractivity contribution in [2.24, 2.45) is 5.92 Å². The van der Waals surface area contributed by atoms with Gasteiger partial charge in [0, 0.05) is 13.7 Å². The van der Waals surface area contributed by atoms with Gasteiger partial charge in [0.25, 0.3) is 0 Å². The summed E-state index contributed by atoms with van der Waals surface area (Å²) in [6.45, 7) is 5.35. The van der Waals surface area contributed by atoms with Crippen molar-refractivity contribution in [3.8, 4) is 0 Å². The molecule has 1 atom stereocenters. The number of aryl methyl sites for hydroxylation is 1. The minimum Gasteiger partial charge on any atom is -0.465 e. The van der Waals surface area contributed by atoms with E-state index in [2.05, 4.69) is 36.5 Å². The zero-order valence-corrected chi connectivity index (χ0v) is 16.0. The predicted octanol–water partition coefficient (Wildman–Crippen LogP) is 2.07. The van der Waals surface area contributed by atoms with E-state index < -0.39 is 0 Å². The highest BCUT2D eigenvalue weighted by molar-refractivity contribution is 5.79. The van der Waals surface area contributed by atoms with Gasteiger partial charge in [-0.2, -0.15) is 0 Å². The highest BCUT2D eigenvalue weighted by atomic mass is 16.5. The molecule has 2 rings (SSSR count). The number of benzene rings is 1. The third-order valence-corrected chi connectivity index (χ3v) is 4.48. The lowest BCUT2D eigenvalue weighted by Crippen LogP contribution is -2.43. The maximum absolute atomic E-state index is 12.6. The van der Waals surface area contributed by atoms with Crippen LogP contribution in [-0.4, -0.2) is 56.7 Å². The van der Waals surface area contributed by atoms with E-state index in [0.717, 1.165) is 18.4 Å². The highest BCUT2D eigenvalue weighted by Crippen LogP contribution is 2.41. The van der Waals surface area contributed by atoms with Crippen LogP contribution in [0.2, 0.25) is 0 Å². The van der Waals surface area contributed by atoms with Gasteiger partial charge in [-0.3, -0.25) is 14.5 Å². The first-order valence-electron chi connectivity index (χ1n) is 9.26. The van der Waals surface area contributed by atoms with E-state index in [1.165, 1.54) is 5.56 Å². The van der Waals surface area contributed by atoms with Gasteiger partial charge in [-0.05, 0) is 38.2 Å². The Labute approximate surface area is 155 Å². The number of hydrogen-bond acceptors (Lipinski definition) is 5. The molecule has 1 aliphatic rings. The maximum Gasteiger partial charge on any atom is 0.320 e. The Morgan fingerprint density at radius 3 is 2.50 bits per heavy atom. The van der Waals surface area contributed by atoms with Crippen molar-refractivity contribution in [1.82, 2.24) is 10.2 Å². The number of methoxy groups -OCH3 is 1. The van der Waals surface area contributed by atoms with E-state index in [1.54, 1.807) is 18.9 Å². The average molecular weight is 362 g/mol. The summed E-state index contributed by atoms with van der Waals surface area (Å²) < 4.78 is 10.1. The van der Waals surface area contributed by atoms with Crippen molar-refractivity contribution in [3.05, 3.63) is 35.4 Å². The van der Waals surface area contributed by atoms with Gasteiger partial charge in [0.15, 0.2) is 0 Å². The standard InChI is InChI=1S/C20H30N2O4/c1-4-26-19(24)14-22(11-12-25-3)13-18(23)21-20(17-9-10-17)16-7-5-15(2)6-8-16/h5-8,17,20H,4,9-14H2,1-3H3,(H,21,23). The molecule has 0 aliphatic heterocycles. The SMILES string of the molecule is CCOC(=O)CN(CCOC)CC(=O)NC(c1ccc(C)cc1)C1CC1. The summed E-state index contributed by atoms with van der Waals surface area (Å²) in [7, 11) is 1.60. The normalized spacial score (nSPS) is 14.9. The molecule has 1 N–H and O–H groups in total. The van der Waals surface area contributed by atoms with E-state index >= 15 is 0 Å². The fourth-order valence-corrected chi connectivity index (χ4v) is 2.92. The number of esters is 1. The van der Waals surface area contributed by atoms with Crippen LogP contribution in [0, 0.1) is 12.8 Å². The van der Waals surface area contributed by atoms with Crippen LogP contribution in [0.5, 0.6) is 0 Å². The Morgan fingerprint density at radius 1 is 1.23 bits per heavy atom. The van der Waals surface area contributed by atoms with Crippen molar-refractivity contribution in [2.45, 2.75) is 32.7 Å². The molecule has 0 spiro atoms. The Balaban J connectivity index is 1.95. The monoisotopic (exact) mass is 362 g/mol. The second kappa shape index (κ2) is 10.3.